The number of carbonyl (C=O) groups excluding carboxylic acids is 2. The third-order valence-corrected chi connectivity index (χ3v) is 6.48. The quantitative estimate of drug-likeness (QED) is 0.316. The lowest BCUT2D eigenvalue weighted by molar-refractivity contribution is -0.250. The largest absolute Gasteiger partial charge is 0.459 e. The van der Waals surface area contributed by atoms with Gasteiger partial charge in [-0.25, -0.2) is 0 Å². The Morgan fingerprint density at radius 2 is 1.94 bits per heavy atom. The van der Waals surface area contributed by atoms with E-state index in [4.69, 9.17) is 19.7 Å². The molecule has 1 aliphatic heterocycles. The number of rotatable bonds is 5. The van der Waals surface area contributed by atoms with Crippen molar-refractivity contribution < 1.29 is 28.9 Å². The monoisotopic (exact) mass is 453 g/mol. The second-order valence-corrected chi connectivity index (χ2v) is 8.84. The first-order valence-corrected chi connectivity index (χ1v) is 11.0. The molecule has 0 unspecified atom stereocenters. The highest BCUT2D eigenvalue weighted by atomic mass is 16.7. The van der Waals surface area contributed by atoms with E-state index in [-0.39, 0.29) is 25.0 Å². The fourth-order valence-electron chi connectivity index (χ4n) is 4.78. The van der Waals surface area contributed by atoms with E-state index in [2.05, 4.69) is 10.0 Å². The Balaban J connectivity index is 1.65. The Kier molecular flexibility index (Phi) is 6.41. The number of esters is 1. The lowest BCUT2D eigenvalue weighted by Gasteiger charge is -2.42. The third-order valence-electron chi connectivity index (χ3n) is 6.48. The fourth-order valence-corrected chi connectivity index (χ4v) is 4.78. The summed E-state index contributed by atoms with van der Waals surface area (Å²) in [6.07, 6.45) is -2.22. The predicted octanol–water partition coefficient (Wildman–Crippen LogP) is 3.91. The van der Waals surface area contributed by atoms with Gasteiger partial charge in [-0.2, -0.15) is 0 Å². The maximum absolute atomic E-state index is 12.3. The Bertz CT molecular complexity index is 1130. The molecule has 1 saturated heterocycles. The van der Waals surface area contributed by atoms with E-state index in [1.807, 2.05) is 36.4 Å². The average Bonchev–Trinajstić information content (AvgIpc) is 2.75. The van der Waals surface area contributed by atoms with Crippen molar-refractivity contribution in [2.75, 3.05) is 0 Å². The van der Waals surface area contributed by atoms with Gasteiger partial charge in [0.25, 0.3) is 0 Å². The van der Waals surface area contributed by atoms with Crippen LogP contribution in [0.25, 0.3) is 21.2 Å². The van der Waals surface area contributed by atoms with Crippen LogP contribution in [0, 0.1) is 0 Å². The summed E-state index contributed by atoms with van der Waals surface area (Å²) in [4.78, 5) is 26.7. The minimum atomic E-state index is -1.55. The first kappa shape index (κ1) is 23.2. The van der Waals surface area contributed by atoms with Crippen LogP contribution >= 0.6 is 0 Å². The number of aliphatic hydroxyl groups is 1. The molecule has 0 aromatic heterocycles. The SMILES string of the molecule is CC(=O)O[C@H]1[C@@H](N=[N+]=[N-])C[C@H](O[C@H]2C[C@](O)(C(C)=O)Cc3cc4ccccc4cc32)O[C@H]1C. The number of Topliss-reactive ketones (excluding diaryl/α,β-unsaturated/α-hetero) is 1. The fraction of sp³-hybridized carbons (Fsp3) is 0.500. The number of nitrogens with zero attached hydrogens (tertiary/aromatic N) is 3. The Morgan fingerprint density at radius 1 is 1.24 bits per heavy atom. The van der Waals surface area contributed by atoms with Crippen LogP contribution in [0.3, 0.4) is 0 Å². The molecule has 1 N–H and O–H groups in total. The topological polar surface area (TPSA) is 131 Å². The first-order chi connectivity index (χ1) is 15.7. The number of azide groups is 1. The van der Waals surface area contributed by atoms with Crippen LogP contribution in [0.1, 0.15) is 50.8 Å². The van der Waals surface area contributed by atoms with Crippen molar-refractivity contribution >= 4 is 22.5 Å². The van der Waals surface area contributed by atoms with E-state index in [0.717, 1.165) is 21.9 Å². The zero-order valence-electron chi connectivity index (χ0n) is 18.8. The van der Waals surface area contributed by atoms with Crippen molar-refractivity contribution in [3.05, 3.63) is 58.0 Å². The standard InChI is InChI=1S/C24H27N3O6/c1-13-23(32-15(3)29)20(26-27-25)10-22(31-13)33-21-12-24(30,14(2)28)11-18-8-16-6-4-5-7-17(16)9-19(18)21/h4-9,13,20-23,30H,10-12H2,1-3H3/t13-,20-,21-,22-,23+,24-/m0/s1. The molecule has 0 saturated carbocycles. The minimum Gasteiger partial charge on any atom is -0.459 e. The van der Waals surface area contributed by atoms with Gasteiger partial charge in [-0.3, -0.25) is 9.59 Å². The van der Waals surface area contributed by atoms with Gasteiger partial charge in [0.05, 0.1) is 18.2 Å². The van der Waals surface area contributed by atoms with Crippen LogP contribution in [0.2, 0.25) is 0 Å². The molecule has 2 aromatic carbocycles. The van der Waals surface area contributed by atoms with E-state index in [1.165, 1.54) is 13.8 Å². The summed E-state index contributed by atoms with van der Waals surface area (Å²) in [6, 6.07) is 11.2. The van der Waals surface area contributed by atoms with E-state index < -0.39 is 42.2 Å². The summed E-state index contributed by atoms with van der Waals surface area (Å²) in [5.74, 6) is -0.817. The van der Waals surface area contributed by atoms with Gasteiger partial charge < -0.3 is 19.3 Å². The van der Waals surface area contributed by atoms with E-state index in [0.29, 0.717) is 0 Å². The van der Waals surface area contributed by atoms with Crippen molar-refractivity contribution in [3.63, 3.8) is 0 Å². The molecule has 33 heavy (non-hydrogen) atoms. The normalized spacial score (nSPS) is 31.3. The molecule has 1 aliphatic carbocycles. The van der Waals surface area contributed by atoms with Crippen LogP contribution in [0.4, 0.5) is 0 Å². The van der Waals surface area contributed by atoms with Crippen molar-refractivity contribution in [1.82, 2.24) is 0 Å². The highest BCUT2D eigenvalue weighted by molar-refractivity contribution is 5.88. The molecule has 2 aliphatic rings. The van der Waals surface area contributed by atoms with Crippen LogP contribution < -0.4 is 0 Å². The molecule has 0 spiro atoms. The lowest BCUT2D eigenvalue weighted by Crippen LogP contribution is -2.50. The lowest BCUT2D eigenvalue weighted by atomic mass is 9.76. The number of ether oxygens (including phenoxy) is 3. The second-order valence-electron chi connectivity index (χ2n) is 8.84. The van der Waals surface area contributed by atoms with Crippen LogP contribution in [-0.4, -0.2) is 47.0 Å². The first-order valence-electron chi connectivity index (χ1n) is 11.0. The van der Waals surface area contributed by atoms with E-state index in [9.17, 15) is 14.7 Å². The zero-order valence-corrected chi connectivity index (χ0v) is 18.8. The molecular weight excluding hydrogens is 426 g/mol. The number of hydrogen-bond donors (Lipinski definition) is 1. The summed E-state index contributed by atoms with van der Waals surface area (Å²) in [5, 5.41) is 16.9. The smallest absolute Gasteiger partial charge is 0.303 e. The van der Waals surface area contributed by atoms with Crippen molar-refractivity contribution in [3.8, 4) is 0 Å². The van der Waals surface area contributed by atoms with Crippen LogP contribution in [0.5, 0.6) is 0 Å². The number of benzene rings is 2. The highest BCUT2D eigenvalue weighted by Crippen LogP contribution is 2.42. The molecule has 0 bridgehead atoms. The zero-order chi connectivity index (χ0) is 23.8. The number of ketones is 1. The van der Waals surface area contributed by atoms with Gasteiger partial charge in [0.2, 0.25) is 0 Å². The molecule has 0 amide bonds. The van der Waals surface area contributed by atoms with E-state index in [1.54, 1.807) is 6.92 Å². The third kappa shape index (κ3) is 4.72. The molecule has 9 heteroatoms. The molecule has 1 heterocycles. The van der Waals surface area contributed by atoms with Crippen molar-refractivity contribution in [2.24, 2.45) is 5.11 Å². The molecular formula is C24H27N3O6. The van der Waals surface area contributed by atoms with Gasteiger partial charge in [-0.15, -0.1) is 0 Å². The Hall–Kier alpha value is -2.97. The summed E-state index contributed by atoms with van der Waals surface area (Å²) < 4.78 is 17.6. The molecule has 2 aromatic rings. The second kappa shape index (κ2) is 9.11. The predicted molar refractivity (Wildman–Crippen MR) is 119 cm³/mol. The summed E-state index contributed by atoms with van der Waals surface area (Å²) >= 11 is 0. The molecule has 0 radical (unpaired) electrons. The summed E-state index contributed by atoms with van der Waals surface area (Å²) in [5.41, 5.74) is 9.17. The maximum atomic E-state index is 12.3. The van der Waals surface area contributed by atoms with Gasteiger partial charge in [-0.05, 0) is 47.3 Å². The van der Waals surface area contributed by atoms with Crippen molar-refractivity contribution in [2.45, 2.75) is 76.3 Å². The molecule has 174 valence electrons. The molecule has 9 nitrogen and oxygen atoms in total. The molecule has 6 atom stereocenters. The Labute approximate surface area is 191 Å². The van der Waals surface area contributed by atoms with Crippen LogP contribution in [0.15, 0.2) is 41.5 Å². The van der Waals surface area contributed by atoms with Gasteiger partial charge in [0, 0.05) is 31.1 Å². The van der Waals surface area contributed by atoms with Gasteiger partial charge in [0.15, 0.2) is 12.1 Å². The van der Waals surface area contributed by atoms with Gasteiger partial charge in [0.1, 0.15) is 11.7 Å². The summed E-state index contributed by atoms with van der Waals surface area (Å²) in [7, 11) is 0. The maximum Gasteiger partial charge on any atom is 0.303 e. The Morgan fingerprint density at radius 3 is 2.58 bits per heavy atom. The number of fused-ring (bicyclic) bond motifs is 2. The van der Waals surface area contributed by atoms with Gasteiger partial charge >= 0.3 is 5.97 Å². The minimum absolute atomic E-state index is 0.0848. The van der Waals surface area contributed by atoms with Gasteiger partial charge in [-0.1, -0.05) is 35.4 Å². The number of hydrogen-bond acceptors (Lipinski definition) is 7. The average molecular weight is 453 g/mol. The highest BCUT2D eigenvalue weighted by Gasteiger charge is 2.45. The number of carbonyl (C=O) groups is 2. The molecule has 4 rings (SSSR count). The van der Waals surface area contributed by atoms with Crippen LogP contribution in [-0.2, 0) is 30.2 Å². The summed E-state index contributed by atoms with van der Waals surface area (Å²) in [6.45, 7) is 4.38. The van der Waals surface area contributed by atoms with Crippen molar-refractivity contribution in [1.29, 1.82) is 0 Å². The molecule has 1 fully saturated rings. The van der Waals surface area contributed by atoms with E-state index >= 15 is 0 Å².